The van der Waals surface area contributed by atoms with Crippen molar-refractivity contribution in [1.82, 2.24) is 0 Å². The molecule has 4 saturated carbocycles. The average molecular weight is 391 g/mol. The molecule has 4 fully saturated rings. The van der Waals surface area contributed by atoms with E-state index in [1.54, 1.807) is 0 Å². The van der Waals surface area contributed by atoms with Gasteiger partial charge in [-0.3, -0.25) is 4.79 Å². The van der Waals surface area contributed by atoms with Crippen LogP contribution in [0.25, 0.3) is 0 Å². The van der Waals surface area contributed by atoms with E-state index in [-0.39, 0.29) is 5.41 Å². The zero-order chi connectivity index (χ0) is 19.9. The van der Waals surface area contributed by atoms with Gasteiger partial charge in [0, 0.05) is 25.6 Å². The molecular formula is C25H42O3. The van der Waals surface area contributed by atoms with Gasteiger partial charge in [-0.25, -0.2) is 0 Å². The fraction of sp³-hybridized carbons (Fsp3) is 0.960. The lowest BCUT2D eigenvalue weighted by molar-refractivity contribution is -0.166. The van der Waals surface area contributed by atoms with E-state index in [1.807, 2.05) is 0 Å². The smallest absolute Gasteiger partial charge is 0.136 e. The zero-order valence-electron chi connectivity index (χ0n) is 18.7. The molecule has 0 amide bonds. The Labute approximate surface area is 172 Å². The Kier molecular flexibility index (Phi) is 5.97. The van der Waals surface area contributed by atoms with Gasteiger partial charge >= 0.3 is 0 Å². The molecule has 3 heteroatoms. The summed E-state index contributed by atoms with van der Waals surface area (Å²) in [7, 11) is 0. The van der Waals surface area contributed by atoms with Gasteiger partial charge in [0.1, 0.15) is 5.78 Å². The Morgan fingerprint density at radius 3 is 2.32 bits per heavy atom. The van der Waals surface area contributed by atoms with Gasteiger partial charge in [-0.15, -0.1) is 0 Å². The monoisotopic (exact) mass is 390 g/mol. The molecule has 0 aromatic rings. The second-order valence-electron chi connectivity index (χ2n) is 10.9. The first-order valence-electron chi connectivity index (χ1n) is 12.2. The first-order valence-corrected chi connectivity index (χ1v) is 12.2. The normalized spacial score (nSPS) is 48.1. The standard InChI is InChI=1S/C25H42O3/c1-5-13-27-18-9-11-24(3)17(15-18)16-21(26)23-19-7-8-22(28-14-6-2)25(19,4)12-10-20(23)24/h17-20,22-23H,5-16H2,1-4H3/t17-,18+,19-,20-,22-,23-,24-,25-/m0/s1. The molecule has 160 valence electrons. The first kappa shape index (κ1) is 20.8. The Morgan fingerprint density at radius 2 is 1.57 bits per heavy atom. The summed E-state index contributed by atoms with van der Waals surface area (Å²) in [6.45, 7) is 11.1. The maximum Gasteiger partial charge on any atom is 0.136 e. The summed E-state index contributed by atoms with van der Waals surface area (Å²) in [5.74, 6) is 2.55. The van der Waals surface area contributed by atoms with E-state index in [9.17, 15) is 4.79 Å². The Hall–Kier alpha value is -0.410. The van der Waals surface area contributed by atoms with E-state index in [2.05, 4.69) is 27.7 Å². The molecule has 8 atom stereocenters. The SMILES string of the molecule is CCCO[C@@H]1CC[C@@]2(C)[C@H](CC(=O)[C@@H]3[C@@H]2CC[C@]2(C)[C@@H](OCCC)CC[C@@H]32)C1. The maximum atomic E-state index is 13.5. The molecule has 4 aliphatic rings. The van der Waals surface area contributed by atoms with Crippen LogP contribution in [0.3, 0.4) is 0 Å². The molecule has 0 aliphatic heterocycles. The summed E-state index contributed by atoms with van der Waals surface area (Å²) in [4.78, 5) is 13.5. The van der Waals surface area contributed by atoms with Crippen molar-refractivity contribution in [3.8, 4) is 0 Å². The molecule has 28 heavy (non-hydrogen) atoms. The summed E-state index contributed by atoms with van der Waals surface area (Å²) in [6, 6.07) is 0. The summed E-state index contributed by atoms with van der Waals surface area (Å²) in [5, 5.41) is 0. The van der Waals surface area contributed by atoms with Crippen molar-refractivity contribution in [3.05, 3.63) is 0 Å². The average Bonchev–Trinajstić information content (AvgIpc) is 3.01. The number of hydrogen-bond acceptors (Lipinski definition) is 3. The highest BCUT2D eigenvalue weighted by atomic mass is 16.5. The quantitative estimate of drug-likeness (QED) is 0.575. The van der Waals surface area contributed by atoms with E-state index < -0.39 is 0 Å². The van der Waals surface area contributed by atoms with E-state index in [4.69, 9.17) is 9.47 Å². The number of carbonyl (C=O) groups excluding carboxylic acids is 1. The van der Waals surface area contributed by atoms with Gasteiger partial charge in [0.25, 0.3) is 0 Å². The summed E-state index contributed by atoms with van der Waals surface area (Å²) in [5.41, 5.74) is 0.560. The van der Waals surface area contributed by atoms with E-state index in [1.165, 1.54) is 32.1 Å². The molecule has 0 radical (unpaired) electrons. The number of rotatable bonds is 6. The third-order valence-corrected chi connectivity index (χ3v) is 9.42. The minimum absolute atomic E-state index is 0.219. The van der Waals surface area contributed by atoms with Crippen molar-refractivity contribution >= 4 is 5.78 Å². The van der Waals surface area contributed by atoms with Crippen molar-refractivity contribution in [2.24, 2.45) is 34.5 Å². The largest absolute Gasteiger partial charge is 0.378 e. The van der Waals surface area contributed by atoms with Crippen LogP contribution in [0, 0.1) is 34.5 Å². The van der Waals surface area contributed by atoms with Crippen LogP contribution in [0.1, 0.15) is 91.9 Å². The van der Waals surface area contributed by atoms with Crippen LogP contribution in [-0.2, 0) is 14.3 Å². The summed E-state index contributed by atoms with van der Waals surface area (Å²) >= 11 is 0. The molecular weight excluding hydrogens is 348 g/mol. The van der Waals surface area contributed by atoms with Gasteiger partial charge in [0.2, 0.25) is 0 Å². The highest BCUT2D eigenvalue weighted by Crippen LogP contribution is 2.65. The van der Waals surface area contributed by atoms with Crippen LogP contribution in [0.15, 0.2) is 0 Å². The Morgan fingerprint density at radius 1 is 0.893 bits per heavy atom. The van der Waals surface area contributed by atoms with Gasteiger partial charge in [-0.05, 0) is 86.4 Å². The van der Waals surface area contributed by atoms with Crippen LogP contribution in [0.2, 0.25) is 0 Å². The molecule has 0 aromatic heterocycles. The highest BCUT2D eigenvalue weighted by molar-refractivity contribution is 5.83. The highest BCUT2D eigenvalue weighted by Gasteiger charge is 2.63. The van der Waals surface area contributed by atoms with Crippen molar-refractivity contribution in [1.29, 1.82) is 0 Å². The van der Waals surface area contributed by atoms with Gasteiger partial charge in [0.05, 0.1) is 12.2 Å². The lowest BCUT2D eigenvalue weighted by atomic mass is 9.45. The molecule has 4 rings (SSSR count). The fourth-order valence-corrected chi connectivity index (χ4v) is 7.81. The zero-order valence-corrected chi connectivity index (χ0v) is 18.7. The van der Waals surface area contributed by atoms with Crippen molar-refractivity contribution in [3.63, 3.8) is 0 Å². The number of ether oxygens (including phenoxy) is 2. The topological polar surface area (TPSA) is 35.5 Å². The number of hydrogen-bond donors (Lipinski definition) is 0. The molecule has 0 spiro atoms. The Balaban J connectivity index is 1.52. The predicted molar refractivity (Wildman–Crippen MR) is 112 cm³/mol. The molecule has 0 unspecified atom stereocenters. The van der Waals surface area contributed by atoms with Crippen LogP contribution in [0.4, 0.5) is 0 Å². The fourth-order valence-electron chi connectivity index (χ4n) is 7.81. The second kappa shape index (κ2) is 8.02. The van der Waals surface area contributed by atoms with Crippen molar-refractivity contribution in [2.45, 2.75) is 104 Å². The molecule has 4 aliphatic carbocycles. The number of Topliss-reactive ketones (excluding diaryl/α,β-unsaturated/α-hetero) is 1. The second-order valence-corrected chi connectivity index (χ2v) is 10.9. The maximum absolute atomic E-state index is 13.5. The third kappa shape index (κ3) is 3.29. The molecule has 0 saturated heterocycles. The predicted octanol–water partition coefficient (Wildman–Crippen LogP) is 5.80. The van der Waals surface area contributed by atoms with Gasteiger partial charge in [-0.1, -0.05) is 27.7 Å². The molecule has 0 heterocycles. The molecule has 0 bridgehead atoms. The molecule has 0 N–H and O–H groups in total. The van der Waals surface area contributed by atoms with Crippen molar-refractivity contribution < 1.29 is 14.3 Å². The first-order chi connectivity index (χ1) is 13.4. The van der Waals surface area contributed by atoms with E-state index in [0.717, 1.165) is 45.3 Å². The number of fused-ring (bicyclic) bond motifs is 5. The van der Waals surface area contributed by atoms with Crippen LogP contribution >= 0.6 is 0 Å². The van der Waals surface area contributed by atoms with Gasteiger partial charge < -0.3 is 9.47 Å². The summed E-state index contributed by atoms with van der Waals surface area (Å²) in [6.07, 6.45) is 12.1. The number of carbonyl (C=O) groups is 1. The lowest BCUT2D eigenvalue weighted by Gasteiger charge is -2.60. The van der Waals surface area contributed by atoms with Crippen molar-refractivity contribution in [2.75, 3.05) is 13.2 Å². The number of ketones is 1. The molecule has 0 aromatic carbocycles. The Bertz CT molecular complexity index is 574. The molecule has 3 nitrogen and oxygen atoms in total. The van der Waals surface area contributed by atoms with Crippen LogP contribution in [-0.4, -0.2) is 31.2 Å². The van der Waals surface area contributed by atoms with E-state index >= 15 is 0 Å². The third-order valence-electron chi connectivity index (χ3n) is 9.42. The van der Waals surface area contributed by atoms with Crippen LogP contribution in [0.5, 0.6) is 0 Å². The van der Waals surface area contributed by atoms with Gasteiger partial charge in [-0.2, -0.15) is 0 Å². The van der Waals surface area contributed by atoms with Crippen LogP contribution < -0.4 is 0 Å². The van der Waals surface area contributed by atoms with Gasteiger partial charge in [0.15, 0.2) is 0 Å². The lowest BCUT2D eigenvalue weighted by Crippen LogP contribution is -2.57. The summed E-state index contributed by atoms with van der Waals surface area (Å²) < 4.78 is 12.4. The minimum Gasteiger partial charge on any atom is -0.378 e. The minimum atomic E-state index is 0.219. The van der Waals surface area contributed by atoms with E-state index in [0.29, 0.717) is 47.1 Å².